The molecule has 0 radical (unpaired) electrons. The van der Waals surface area contributed by atoms with Gasteiger partial charge in [0.15, 0.2) is 0 Å². The Labute approximate surface area is 162 Å². The van der Waals surface area contributed by atoms with Gasteiger partial charge in [-0.3, -0.25) is 9.59 Å². The Balaban J connectivity index is 1.74. The van der Waals surface area contributed by atoms with Gasteiger partial charge in [0.05, 0.1) is 23.7 Å². The van der Waals surface area contributed by atoms with Crippen molar-refractivity contribution in [3.05, 3.63) is 28.7 Å². The molecule has 7 heteroatoms. The maximum absolute atomic E-state index is 15.2. The molecular weight excluding hydrogens is 359 g/mol. The monoisotopic (exact) mass is 382 g/mol. The second kappa shape index (κ2) is 6.55. The van der Waals surface area contributed by atoms with Gasteiger partial charge in [-0.2, -0.15) is 0 Å². The molecule has 1 aromatic carbocycles. The third-order valence-corrected chi connectivity index (χ3v) is 6.00. The Bertz CT molecular complexity index is 1060. The summed E-state index contributed by atoms with van der Waals surface area (Å²) in [6, 6.07) is 1.47. The lowest BCUT2D eigenvalue weighted by Gasteiger charge is -2.42. The summed E-state index contributed by atoms with van der Waals surface area (Å²) >= 11 is 0. The minimum Gasteiger partial charge on any atom is -0.369 e. The summed E-state index contributed by atoms with van der Waals surface area (Å²) in [6.07, 6.45) is -0.0175. The number of likely N-dealkylation sites (tertiary alicyclic amines) is 1. The molecule has 2 atom stereocenters. The summed E-state index contributed by atoms with van der Waals surface area (Å²) in [5.41, 5.74) is 9.10. The number of benzene rings is 1. The van der Waals surface area contributed by atoms with E-state index in [9.17, 15) is 9.59 Å². The maximum Gasteiger partial charge on any atom is 0.298 e. The predicted octanol–water partition coefficient (Wildman–Crippen LogP) is 1.62. The van der Waals surface area contributed by atoms with Crippen LogP contribution in [0.2, 0.25) is 0 Å². The summed E-state index contributed by atoms with van der Waals surface area (Å²) in [7, 11) is 0. The van der Waals surface area contributed by atoms with Crippen molar-refractivity contribution < 1.29 is 14.0 Å². The molecule has 2 aliphatic rings. The van der Waals surface area contributed by atoms with Crippen LogP contribution in [-0.4, -0.2) is 47.4 Å². The van der Waals surface area contributed by atoms with Gasteiger partial charge in [0.25, 0.3) is 5.91 Å². The molecule has 2 amide bonds. The topological polar surface area (TPSA) is 82.4 Å². The number of aryl methyl sites for hydroxylation is 2. The number of nitrogens with one attached hydrogen (secondary N) is 1. The number of aromatic nitrogens is 1. The number of hydrogen-bond acceptors (Lipinski definition) is 3. The molecule has 2 aromatic rings. The van der Waals surface area contributed by atoms with Gasteiger partial charge in [-0.15, -0.1) is 0 Å². The van der Waals surface area contributed by atoms with Gasteiger partial charge in [-0.25, -0.2) is 4.39 Å². The van der Waals surface area contributed by atoms with Crippen LogP contribution >= 0.6 is 0 Å². The van der Waals surface area contributed by atoms with Crippen LogP contribution < -0.4 is 10.6 Å². The van der Waals surface area contributed by atoms with Gasteiger partial charge in [-0.05, 0) is 43.9 Å². The number of amides is 2. The summed E-state index contributed by atoms with van der Waals surface area (Å²) in [4.78, 5) is 30.6. The van der Waals surface area contributed by atoms with E-state index < -0.39 is 5.91 Å². The molecule has 28 heavy (non-hydrogen) atoms. The minimum atomic E-state index is -0.497. The molecule has 2 aliphatic heterocycles. The third-order valence-electron chi connectivity index (χ3n) is 6.00. The fourth-order valence-corrected chi connectivity index (χ4v) is 4.54. The molecule has 1 aromatic heterocycles. The zero-order valence-electron chi connectivity index (χ0n) is 16.2. The molecule has 4 rings (SSSR count). The van der Waals surface area contributed by atoms with Crippen LogP contribution in [0.1, 0.15) is 23.7 Å². The van der Waals surface area contributed by atoms with Crippen LogP contribution in [0.4, 0.5) is 10.1 Å². The van der Waals surface area contributed by atoms with Crippen LogP contribution in [0.3, 0.4) is 0 Å². The lowest BCUT2D eigenvalue weighted by Crippen LogP contribution is -2.57. The number of carbonyl (C=O) groups excluding carboxylic acids is 2. The van der Waals surface area contributed by atoms with E-state index in [1.54, 1.807) is 11.8 Å². The number of halogens is 1. The highest BCUT2D eigenvalue weighted by Crippen LogP contribution is 2.41. The molecule has 2 unspecified atom stereocenters. The van der Waals surface area contributed by atoms with Crippen molar-refractivity contribution in [1.82, 2.24) is 9.88 Å². The number of rotatable bonds is 3. The Hall–Kier alpha value is -3.01. The summed E-state index contributed by atoms with van der Waals surface area (Å²) in [6.45, 7) is 7.45. The van der Waals surface area contributed by atoms with E-state index >= 15 is 4.39 Å². The first-order valence-corrected chi connectivity index (χ1v) is 9.38. The molecule has 2 saturated heterocycles. The number of hydrogen-bond donors (Lipinski definition) is 2. The van der Waals surface area contributed by atoms with E-state index in [4.69, 9.17) is 5.73 Å². The molecule has 0 bridgehead atoms. The van der Waals surface area contributed by atoms with E-state index in [-0.39, 0.29) is 24.2 Å². The average Bonchev–Trinajstić information content (AvgIpc) is 3.07. The van der Waals surface area contributed by atoms with Crippen LogP contribution in [-0.2, 0) is 16.0 Å². The first kappa shape index (κ1) is 18.4. The number of nitrogens with two attached hydrogens (primary N) is 1. The zero-order chi connectivity index (χ0) is 20.2. The Kier molecular flexibility index (Phi) is 4.30. The second-order valence-electron chi connectivity index (χ2n) is 7.70. The van der Waals surface area contributed by atoms with Gasteiger partial charge in [0, 0.05) is 36.6 Å². The average molecular weight is 382 g/mol. The standard InChI is InChI=1S/C21H23FN4O2/c1-4-5-18(28)26-9-14-8-25(10-16(14)26)21-15(22)6-13(7-17(23)27)20-19(21)11(2)12(3)24-20/h6,14,16,24H,7-10H2,1-3H3,(H2,23,27). The number of aromatic amines is 1. The van der Waals surface area contributed by atoms with Crippen molar-refractivity contribution in [3.8, 4) is 11.8 Å². The number of primary amides is 1. The van der Waals surface area contributed by atoms with Crippen molar-refractivity contribution in [3.63, 3.8) is 0 Å². The van der Waals surface area contributed by atoms with Crippen LogP contribution in [0.5, 0.6) is 0 Å². The number of fused-ring (bicyclic) bond motifs is 2. The van der Waals surface area contributed by atoms with Crippen molar-refractivity contribution in [1.29, 1.82) is 0 Å². The number of anilines is 1. The SMILES string of the molecule is CC#CC(=O)N1CC2CN(c3c(F)cc(CC(N)=O)c4[nH]c(C)c(C)c34)CC21. The van der Waals surface area contributed by atoms with Crippen LogP contribution in [0, 0.1) is 37.4 Å². The van der Waals surface area contributed by atoms with E-state index in [1.165, 1.54) is 6.07 Å². The summed E-state index contributed by atoms with van der Waals surface area (Å²) < 4.78 is 15.2. The van der Waals surface area contributed by atoms with Crippen molar-refractivity contribution >= 4 is 28.4 Å². The Morgan fingerprint density at radius 2 is 2.07 bits per heavy atom. The largest absolute Gasteiger partial charge is 0.369 e. The summed E-state index contributed by atoms with van der Waals surface area (Å²) in [5.74, 6) is 4.54. The molecule has 3 N–H and O–H groups in total. The smallest absolute Gasteiger partial charge is 0.298 e. The highest BCUT2D eigenvalue weighted by atomic mass is 19.1. The highest BCUT2D eigenvalue weighted by Gasteiger charge is 2.48. The normalized spacial score (nSPS) is 20.6. The first-order chi connectivity index (χ1) is 13.3. The molecule has 146 valence electrons. The molecule has 6 nitrogen and oxygen atoms in total. The fraction of sp³-hybridized carbons (Fsp3) is 0.429. The highest BCUT2D eigenvalue weighted by molar-refractivity contribution is 6.00. The lowest BCUT2D eigenvalue weighted by atomic mass is 9.92. The van der Waals surface area contributed by atoms with Gasteiger partial charge >= 0.3 is 0 Å². The second-order valence-corrected chi connectivity index (χ2v) is 7.70. The third kappa shape index (κ3) is 2.71. The number of carbonyl (C=O) groups is 2. The van der Waals surface area contributed by atoms with Crippen LogP contribution in [0.25, 0.3) is 10.9 Å². The quantitative estimate of drug-likeness (QED) is 0.792. The first-order valence-electron chi connectivity index (χ1n) is 9.38. The van der Waals surface area contributed by atoms with E-state index in [0.29, 0.717) is 36.8 Å². The van der Waals surface area contributed by atoms with E-state index in [2.05, 4.69) is 16.8 Å². The molecular formula is C21H23FN4O2. The van der Waals surface area contributed by atoms with Gasteiger partial charge < -0.3 is 20.5 Å². The molecule has 0 aliphatic carbocycles. The number of H-pyrrole nitrogens is 1. The van der Waals surface area contributed by atoms with Gasteiger partial charge in [0.2, 0.25) is 5.91 Å². The minimum absolute atomic E-state index is 0.0175. The molecule has 0 saturated carbocycles. The van der Waals surface area contributed by atoms with Crippen molar-refractivity contribution in [2.24, 2.45) is 11.7 Å². The van der Waals surface area contributed by atoms with Crippen molar-refractivity contribution in [2.75, 3.05) is 24.5 Å². The Morgan fingerprint density at radius 3 is 2.75 bits per heavy atom. The van der Waals surface area contributed by atoms with E-state index in [0.717, 1.165) is 22.2 Å². The Morgan fingerprint density at radius 1 is 1.32 bits per heavy atom. The lowest BCUT2D eigenvalue weighted by molar-refractivity contribution is -0.134. The van der Waals surface area contributed by atoms with Gasteiger partial charge in [-0.1, -0.05) is 5.92 Å². The molecule has 0 spiro atoms. The molecule has 2 fully saturated rings. The number of nitrogens with zero attached hydrogens (tertiary/aromatic N) is 2. The molecule has 3 heterocycles. The van der Waals surface area contributed by atoms with E-state index in [1.807, 2.05) is 18.7 Å². The summed E-state index contributed by atoms with van der Waals surface area (Å²) in [5, 5.41) is 0.793. The van der Waals surface area contributed by atoms with Crippen LogP contribution in [0.15, 0.2) is 6.07 Å². The fourth-order valence-electron chi connectivity index (χ4n) is 4.54. The van der Waals surface area contributed by atoms with Crippen molar-refractivity contribution in [2.45, 2.75) is 33.2 Å². The predicted molar refractivity (Wildman–Crippen MR) is 105 cm³/mol. The zero-order valence-corrected chi connectivity index (χ0v) is 16.2. The maximum atomic E-state index is 15.2. The van der Waals surface area contributed by atoms with Gasteiger partial charge in [0.1, 0.15) is 5.82 Å².